The summed E-state index contributed by atoms with van der Waals surface area (Å²) in [4.78, 5) is 0. The molecule has 3 saturated carbocycles. The van der Waals surface area contributed by atoms with Crippen LogP contribution in [0.4, 0.5) is 0 Å². The Morgan fingerprint density at radius 2 is 2.23 bits per heavy atom. The van der Waals surface area contributed by atoms with Gasteiger partial charge >= 0.3 is 0 Å². The zero-order valence-corrected chi connectivity index (χ0v) is 8.90. The lowest BCUT2D eigenvalue weighted by molar-refractivity contribution is -0.0937. The third-order valence-electron chi connectivity index (χ3n) is 5.69. The van der Waals surface area contributed by atoms with Crippen LogP contribution in [-0.2, 0) is 0 Å². The predicted octanol–water partition coefficient (Wildman–Crippen LogP) is 2.56. The fourth-order valence-electron chi connectivity index (χ4n) is 5.02. The summed E-state index contributed by atoms with van der Waals surface area (Å²) >= 11 is 0. The Kier molecular flexibility index (Phi) is 1.47. The SMILES string of the molecule is CCC12CC3CCC1(NC)CC2C3. The second-order valence-corrected chi connectivity index (χ2v) is 5.59. The molecule has 1 N–H and O–H groups in total. The van der Waals surface area contributed by atoms with Gasteiger partial charge < -0.3 is 5.32 Å². The molecule has 1 heteroatoms. The molecule has 0 amide bonds. The fraction of sp³-hybridized carbons (Fsp3) is 1.00. The van der Waals surface area contributed by atoms with E-state index >= 15 is 0 Å². The number of rotatable bonds is 2. The molecular formula is C12H21N. The highest BCUT2D eigenvalue weighted by molar-refractivity contribution is 5.22. The van der Waals surface area contributed by atoms with Crippen LogP contribution in [0.5, 0.6) is 0 Å². The molecule has 4 atom stereocenters. The summed E-state index contributed by atoms with van der Waals surface area (Å²) in [6.45, 7) is 2.41. The van der Waals surface area contributed by atoms with Gasteiger partial charge in [-0.2, -0.15) is 0 Å². The normalized spacial score (nSPS) is 57.7. The van der Waals surface area contributed by atoms with Gasteiger partial charge in [0.15, 0.2) is 0 Å². The van der Waals surface area contributed by atoms with Gasteiger partial charge in [0.25, 0.3) is 0 Å². The van der Waals surface area contributed by atoms with E-state index in [2.05, 4.69) is 19.3 Å². The van der Waals surface area contributed by atoms with Crippen molar-refractivity contribution in [1.82, 2.24) is 5.32 Å². The van der Waals surface area contributed by atoms with Gasteiger partial charge in [0.1, 0.15) is 0 Å². The standard InChI is InChI=1S/C12H21N/c1-3-11-7-9-4-5-12(11,13-2)8-10(11)6-9/h9-10,13H,3-8H2,1-2H3. The van der Waals surface area contributed by atoms with Gasteiger partial charge in [0.2, 0.25) is 0 Å². The van der Waals surface area contributed by atoms with Crippen LogP contribution in [0.1, 0.15) is 45.4 Å². The first-order valence-corrected chi connectivity index (χ1v) is 5.95. The first-order chi connectivity index (χ1) is 6.26. The van der Waals surface area contributed by atoms with Crippen LogP contribution in [0, 0.1) is 17.3 Å². The average Bonchev–Trinajstić information content (AvgIpc) is 2.32. The summed E-state index contributed by atoms with van der Waals surface area (Å²) < 4.78 is 0. The van der Waals surface area contributed by atoms with E-state index < -0.39 is 0 Å². The number of fused-ring (bicyclic) bond motifs is 1. The Morgan fingerprint density at radius 1 is 1.38 bits per heavy atom. The molecule has 13 heavy (non-hydrogen) atoms. The second kappa shape index (κ2) is 2.31. The molecule has 4 unspecified atom stereocenters. The van der Waals surface area contributed by atoms with Crippen molar-refractivity contribution in [2.75, 3.05) is 7.05 Å². The Hall–Kier alpha value is -0.0400. The average molecular weight is 179 g/mol. The number of nitrogens with one attached hydrogen (secondary N) is 1. The van der Waals surface area contributed by atoms with E-state index in [9.17, 15) is 0 Å². The molecule has 2 bridgehead atoms. The second-order valence-electron chi connectivity index (χ2n) is 5.59. The maximum Gasteiger partial charge on any atom is 0.0240 e. The van der Waals surface area contributed by atoms with Crippen LogP contribution in [0.25, 0.3) is 0 Å². The lowest BCUT2D eigenvalue weighted by Crippen LogP contribution is -2.68. The van der Waals surface area contributed by atoms with Gasteiger partial charge in [-0.3, -0.25) is 0 Å². The molecule has 0 aromatic heterocycles. The highest BCUT2D eigenvalue weighted by atomic mass is 15.0. The Morgan fingerprint density at radius 3 is 2.92 bits per heavy atom. The van der Waals surface area contributed by atoms with Crippen LogP contribution in [0.3, 0.4) is 0 Å². The minimum absolute atomic E-state index is 0.569. The Labute approximate surface area is 81.3 Å². The van der Waals surface area contributed by atoms with E-state index in [-0.39, 0.29) is 0 Å². The summed E-state index contributed by atoms with van der Waals surface area (Å²) in [6.07, 6.45) is 8.94. The molecule has 0 saturated heterocycles. The van der Waals surface area contributed by atoms with E-state index in [1.165, 1.54) is 32.1 Å². The van der Waals surface area contributed by atoms with Crippen molar-refractivity contribution in [3.63, 3.8) is 0 Å². The molecule has 3 fully saturated rings. The zero-order chi connectivity index (χ0) is 9.10. The molecule has 0 aromatic rings. The van der Waals surface area contributed by atoms with Crippen molar-refractivity contribution < 1.29 is 0 Å². The highest BCUT2D eigenvalue weighted by Gasteiger charge is 2.68. The molecule has 0 radical (unpaired) electrons. The molecule has 3 aliphatic carbocycles. The third kappa shape index (κ3) is 0.707. The fourth-order valence-corrected chi connectivity index (χ4v) is 5.02. The maximum absolute atomic E-state index is 3.67. The molecule has 0 aliphatic heterocycles. The molecule has 0 spiro atoms. The highest BCUT2D eigenvalue weighted by Crippen LogP contribution is 2.71. The summed E-state index contributed by atoms with van der Waals surface area (Å²) in [5.41, 5.74) is 1.30. The van der Waals surface area contributed by atoms with Crippen molar-refractivity contribution in [3.05, 3.63) is 0 Å². The van der Waals surface area contributed by atoms with Crippen LogP contribution >= 0.6 is 0 Å². The van der Waals surface area contributed by atoms with Gasteiger partial charge in [0, 0.05) is 5.54 Å². The summed E-state index contributed by atoms with van der Waals surface area (Å²) in [7, 11) is 2.19. The van der Waals surface area contributed by atoms with Gasteiger partial charge in [-0.05, 0) is 62.8 Å². The summed E-state index contributed by atoms with van der Waals surface area (Å²) in [5, 5.41) is 3.67. The number of hydrogen-bond donors (Lipinski definition) is 1. The topological polar surface area (TPSA) is 12.0 Å². The van der Waals surface area contributed by atoms with Gasteiger partial charge in [0.05, 0.1) is 0 Å². The third-order valence-corrected chi connectivity index (χ3v) is 5.69. The molecular weight excluding hydrogens is 158 g/mol. The van der Waals surface area contributed by atoms with E-state index in [1.807, 2.05) is 0 Å². The van der Waals surface area contributed by atoms with E-state index in [0.29, 0.717) is 5.54 Å². The first kappa shape index (κ1) is 8.28. The van der Waals surface area contributed by atoms with Crippen LogP contribution in [-0.4, -0.2) is 12.6 Å². The monoisotopic (exact) mass is 179 g/mol. The molecule has 0 heterocycles. The zero-order valence-electron chi connectivity index (χ0n) is 8.90. The van der Waals surface area contributed by atoms with Gasteiger partial charge in [-0.1, -0.05) is 6.92 Å². The van der Waals surface area contributed by atoms with E-state index in [0.717, 1.165) is 17.3 Å². The van der Waals surface area contributed by atoms with Crippen LogP contribution in [0.2, 0.25) is 0 Å². The minimum Gasteiger partial charge on any atom is -0.314 e. The molecule has 1 nitrogen and oxygen atoms in total. The van der Waals surface area contributed by atoms with Crippen molar-refractivity contribution >= 4 is 0 Å². The van der Waals surface area contributed by atoms with Crippen LogP contribution in [0.15, 0.2) is 0 Å². The molecule has 74 valence electrons. The van der Waals surface area contributed by atoms with Gasteiger partial charge in [-0.25, -0.2) is 0 Å². The molecule has 0 aromatic carbocycles. The molecule has 3 aliphatic rings. The Bertz CT molecular complexity index is 233. The lowest BCUT2D eigenvalue weighted by Gasteiger charge is -2.64. The van der Waals surface area contributed by atoms with Crippen molar-refractivity contribution in [3.8, 4) is 0 Å². The minimum atomic E-state index is 0.569. The van der Waals surface area contributed by atoms with Crippen molar-refractivity contribution in [2.45, 2.75) is 51.0 Å². The first-order valence-electron chi connectivity index (χ1n) is 5.95. The largest absolute Gasteiger partial charge is 0.314 e. The van der Waals surface area contributed by atoms with Crippen LogP contribution < -0.4 is 5.32 Å². The maximum atomic E-state index is 3.67. The van der Waals surface area contributed by atoms with Crippen molar-refractivity contribution in [2.24, 2.45) is 17.3 Å². The smallest absolute Gasteiger partial charge is 0.0240 e. The summed E-state index contributed by atoms with van der Waals surface area (Å²) in [5.74, 6) is 2.17. The number of hydrogen-bond acceptors (Lipinski definition) is 1. The molecule has 3 rings (SSSR count). The Balaban J connectivity index is 2.00. The predicted molar refractivity (Wildman–Crippen MR) is 54.6 cm³/mol. The summed E-state index contributed by atoms with van der Waals surface area (Å²) in [6, 6.07) is 0. The van der Waals surface area contributed by atoms with Gasteiger partial charge in [-0.15, -0.1) is 0 Å². The van der Waals surface area contributed by atoms with Crippen molar-refractivity contribution in [1.29, 1.82) is 0 Å². The quantitative estimate of drug-likeness (QED) is 0.687. The van der Waals surface area contributed by atoms with E-state index in [4.69, 9.17) is 0 Å². The lowest BCUT2D eigenvalue weighted by atomic mass is 9.46. The van der Waals surface area contributed by atoms with E-state index in [1.54, 1.807) is 6.42 Å².